The van der Waals surface area contributed by atoms with Crippen molar-refractivity contribution < 1.29 is 4.74 Å². The molecule has 3 unspecified atom stereocenters. The van der Waals surface area contributed by atoms with Crippen molar-refractivity contribution >= 4 is 5.96 Å². The normalized spacial score (nSPS) is 24.7. The second-order valence-electron chi connectivity index (χ2n) is 7.39. The number of ether oxygens (including phenoxy) is 1. The number of morpholine rings is 1. The van der Waals surface area contributed by atoms with Crippen LogP contribution in [0.4, 0.5) is 0 Å². The lowest BCUT2D eigenvalue weighted by atomic mass is 10.0. The van der Waals surface area contributed by atoms with Gasteiger partial charge in [0.1, 0.15) is 0 Å². The Hall–Kier alpha value is -0.810. The highest BCUT2D eigenvalue weighted by Gasteiger charge is 2.21. The molecule has 0 aromatic rings. The molecule has 1 rings (SSSR count). The van der Waals surface area contributed by atoms with Gasteiger partial charge >= 0.3 is 0 Å². The van der Waals surface area contributed by atoms with E-state index in [9.17, 15) is 0 Å². The van der Waals surface area contributed by atoms with Gasteiger partial charge < -0.3 is 15.4 Å². The Kier molecular flexibility index (Phi) is 9.56. The van der Waals surface area contributed by atoms with Crippen LogP contribution in [0.25, 0.3) is 0 Å². The molecule has 0 aromatic carbocycles. The van der Waals surface area contributed by atoms with Crippen molar-refractivity contribution in [3.8, 4) is 0 Å². The van der Waals surface area contributed by atoms with Crippen LogP contribution in [0.15, 0.2) is 4.99 Å². The molecule has 1 heterocycles. The summed E-state index contributed by atoms with van der Waals surface area (Å²) in [5.74, 6) is 1.68. The second-order valence-corrected chi connectivity index (χ2v) is 7.39. The zero-order valence-corrected chi connectivity index (χ0v) is 16.1. The Morgan fingerprint density at radius 2 is 1.83 bits per heavy atom. The molecule has 3 atom stereocenters. The number of aliphatic imine (C=N–C) groups is 1. The van der Waals surface area contributed by atoms with E-state index >= 15 is 0 Å². The number of hydrogen-bond donors (Lipinski definition) is 2. The summed E-state index contributed by atoms with van der Waals surface area (Å²) < 4.78 is 5.78. The number of guanidine groups is 1. The van der Waals surface area contributed by atoms with E-state index < -0.39 is 0 Å². The van der Waals surface area contributed by atoms with E-state index in [1.165, 1.54) is 12.8 Å². The van der Waals surface area contributed by atoms with E-state index in [2.05, 4.69) is 55.1 Å². The van der Waals surface area contributed by atoms with Crippen LogP contribution in [0.3, 0.4) is 0 Å². The van der Waals surface area contributed by atoms with Gasteiger partial charge in [0.15, 0.2) is 5.96 Å². The third-order valence-electron chi connectivity index (χ3n) is 4.22. The summed E-state index contributed by atoms with van der Waals surface area (Å²) in [6, 6.07) is 0.463. The number of nitrogens with zero attached hydrogens (tertiary/aromatic N) is 2. The summed E-state index contributed by atoms with van der Waals surface area (Å²) in [6.07, 6.45) is 4.26. The molecule has 0 saturated carbocycles. The first kappa shape index (κ1) is 20.2. The molecular formula is C18H38N4O. The molecule has 136 valence electrons. The van der Waals surface area contributed by atoms with Gasteiger partial charge in [-0.1, -0.05) is 13.8 Å². The Bertz CT molecular complexity index is 336. The third-order valence-corrected chi connectivity index (χ3v) is 4.22. The van der Waals surface area contributed by atoms with Crippen LogP contribution in [0.1, 0.15) is 53.9 Å². The van der Waals surface area contributed by atoms with Crippen LogP contribution in [-0.2, 0) is 4.74 Å². The quantitative estimate of drug-likeness (QED) is 0.409. The minimum Gasteiger partial charge on any atom is -0.373 e. The van der Waals surface area contributed by atoms with E-state index in [1.54, 1.807) is 0 Å². The lowest BCUT2D eigenvalue weighted by Crippen LogP contribution is -2.47. The number of nitrogens with one attached hydrogen (secondary N) is 2. The molecule has 0 aromatic heterocycles. The summed E-state index contributed by atoms with van der Waals surface area (Å²) in [7, 11) is 1.84. The van der Waals surface area contributed by atoms with Gasteiger partial charge in [0.2, 0.25) is 0 Å². The first-order chi connectivity index (χ1) is 10.9. The van der Waals surface area contributed by atoms with Crippen molar-refractivity contribution in [2.45, 2.75) is 72.1 Å². The molecular weight excluding hydrogens is 288 g/mol. The smallest absolute Gasteiger partial charge is 0.191 e. The largest absolute Gasteiger partial charge is 0.373 e. The molecule has 0 bridgehead atoms. The van der Waals surface area contributed by atoms with Gasteiger partial charge in [-0.3, -0.25) is 9.89 Å². The van der Waals surface area contributed by atoms with Crippen LogP contribution in [0.2, 0.25) is 0 Å². The maximum Gasteiger partial charge on any atom is 0.191 e. The molecule has 1 fully saturated rings. The Balaban J connectivity index is 2.17. The molecule has 0 spiro atoms. The highest BCUT2D eigenvalue weighted by atomic mass is 16.5. The molecule has 0 aliphatic carbocycles. The first-order valence-electron chi connectivity index (χ1n) is 9.25. The SMILES string of the molecule is CN=C(NCCCN1CC(C)OC(C)C1)NC(C)CCC(C)C. The average molecular weight is 327 g/mol. The highest BCUT2D eigenvalue weighted by molar-refractivity contribution is 5.79. The summed E-state index contributed by atoms with van der Waals surface area (Å²) >= 11 is 0. The van der Waals surface area contributed by atoms with Crippen LogP contribution in [0.5, 0.6) is 0 Å². The van der Waals surface area contributed by atoms with Crippen LogP contribution in [0, 0.1) is 5.92 Å². The van der Waals surface area contributed by atoms with Crippen LogP contribution < -0.4 is 10.6 Å². The fraction of sp³-hybridized carbons (Fsp3) is 0.944. The third kappa shape index (κ3) is 9.16. The van der Waals surface area contributed by atoms with Gasteiger partial charge in [-0.2, -0.15) is 0 Å². The topological polar surface area (TPSA) is 48.9 Å². The molecule has 2 N–H and O–H groups in total. The molecule has 0 amide bonds. The monoisotopic (exact) mass is 326 g/mol. The van der Waals surface area contributed by atoms with E-state index in [0.29, 0.717) is 18.2 Å². The predicted molar refractivity (Wildman–Crippen MR) is 99.1 cm³/mol. The van der Waals surface area contributed by atoms with Crippen molar-refractivity contribution in [3.05, 3.63) is 0 Å². The van der Waals surface area contributed by atoms with Gasteiger partial charge in [-0.15, -0.1) is 0 Å². The van der Waals surface area contributed by atoms with E-state index in [0.717, 1.165) is 44.5 Å². The maximum atomic E-state index is 5.78. The average Bonchev–Trinajstić information content (AvgIpc) is 2.47. The zero-order valence-electron chi connectivity index (χ0n) is 16.1. The van der Waals surface area contributed by atoms with Gasteiger partial charge in [-0.25, -0.2) is 0 Å². The van der Waals surface area contributed by atoms with Crippen molar-refractivity contribution in [2.24, 2.45) is 10.9 Å². The Morgan fingerprint density at radius 3 is 2.39 bits per heavy atom. The minimum absolute atomic E-state index is 0.350. The van der Waals surface area contributed by atoms with E-state index in [1.807, 2.05) is 7.05 Å². The molecule has 1 aliphatic rings. The van der Waals surface area contributed by atoms with Gasteiger partial charge in [-0.05, 0) is 46.0 Å². The Labute approximate surface area is 143 Å². The fourth-order valence-corrected chi connectivity index (χ4v) is 3.06. The Morgan fingerprint density at radius 1 is 1.17 bits per heavy atom. The molecule has 5 nitrogen and oxygen atoms in total. The highest BCUT2D eigenvalue weighted by Crippen LogP contribution is 2.10. The first-order valence-corrected chi connectivity index (χ1v) is 9.25. The molecule has 0 radical (unpaired) electrons. The van der Waals surface area contributed by atoms with Crippen molar-refractivity contribution in [2.75, 3.05) is 33.2 Å². The van der Waals surface area contributed by atoms with E-state index in [-0.39, 0.29) is 0 Å². The lowest BCUT2D eigenvalue weighted by Gasteiger charge is -2.35. The summed E-state index contributed by atoms with van der Waals surface area (Å²) in [5, 5.41) is 6.91. The molecule has 23 heavy (non-hydrogen) atoms. The maximum absolute atomic E-state index is 5.78. The van der Waals surface area contributed by atoms with Crippen LogP contribution in [-0.4, -0.2) is 62.3 Å². The number of hydrogen-bond acceptors (Lipinski definition) is 3. The van der Waals surface area contributed by atoms with Crippen molar-refractivity contribution in [1.82, 2.24) is 15.5 Å². The van der Waals surface area contributed by atoms with Crippen LogP contribution >= 0.6 is 0 Å². The summed E-state index contributed by atoms with van der Waals surface area (Å²) in [6.45, 7) is 15.2. The van der Waals surface area contributed by atoms with Gasteiger partial charge in [0.05, 0.1) is 12.2 Å². The van der Waals surface area contributed by atoms with Crippen molar-refractivity contribution in [1.29, 1.82) is 0 Å². The molecule has 1 saturated heterocycles. The molecule has 1 aliphatic heterocycles. The van der Waals surface area contributed by atoms with Crippen molar-refractivity contribution in [3.63, 3.8) is 0 Å². The summed E-state index contributed by atoms with van der Waals surface area (Å²) in [4.78, 5) is 6.83. The zero-order chi connectivity index (χ0) is 17.2. The minimum atomic E-state index is 0.350. The fourth-order valence-electron chi connectivity index (χ4n) is 3.06. The van der Waals surface area contributed by atoms with Gasteiger partial charge in [0, 0.05) is 39.3 Å². The van der Waals surface area contributed by atoms with E-state index in [4.69, 9.17) is 4.74 Å². The van der Waals surface area contributed by atoms with Gasteiger partial charge in [0.25, 0.3) is 0 Å². The summed E-state index contributed by atoms with van der Waals surface area (Å²) in [5.41, 5.74) is 0. The number of rotatable bonds is 8. The standard InChI is InChI=1S/C18H38N4O/c1-14(2)8-9-15(3)21-18(19-6)20-10-7-11-22-12-16(4)23-17(5)13-22/h14-17H,7-13H2,1-6H3,(H2,19,20,21). The molecule has 5 heteroatoms. The predicted octanol–water partition coefficient (Wildman–Crippen LogP) is 2.48. The second kappa shape index (κ2) is 10.9. The lowest BCUT2D eigenvalue weighted by molar-refractivity contribution is -0.0679.